The summed E-state index contributed by atoms with van der Waals surface area (Å²) in [6.45, 7) is 1.06. The van der Waals surface area contributed by atoms with Crippen molar-refractivity contribution in [2.45, 2.75) is 44.9 Å². The first-order valence-corrected chi connectivity index (χ1v) is 11.0. The zero-order valence-corrected chi connectivity index (χ0v) is 21.4. The summed E-state index contributed by atoms with van der Waals surface area (Å²) in [6, 6.07) is 15.8. The lowest BCUT2D eigenvalue weighted by atomic mass is 10.1. The van der Waals surface area contributed by atoms with Crippen LogP contribution >= 0.6 is 24.0 Å². The Hall–Kier alpha value is -2.75. The summed E-state index contributed by atoms with van der Waals surface area (Å²) in [5.41, 5.74) is 2.79. The van der Waals surface area contributed by atoms with Gasteiger partial charge in [0.1, 0.15) is 6.26 Å². The maximum atomic E-state index is 6.32. The minimum Gasteiger partial charge on any atom is -0.493 e. The van der Waals surface area contributed by atoms with Crippen LogP contribution in [0.25, 0.3) is 11.5 Å². The molecular formula is C25H31IN4O3. The Bertz CT molecular complexity index is 1030. The van der Waals surface area contributed by atoms with Gasteiger partial charge in [0.25, 0.3) is 0 Å². The van der Waals surface area contributed by atoms with Gasteiger partial charge in [-0.1, -0.05) is 30.3 Å². The molecule has 0 spiro atoms. The SMILES string of the molecule is CN=C(NCc1coc(-c2ccccc2)n1)NCc1cccc(OC)c1OC1CCCC1.I. The molecule has 1 heterocycles. The van der Waals surface area contributed by atoms with Crippen LogP contribution in [0.4, 0.5) is 0 Å². The van der Waals surface area contributed by atoms with Crippen molar-refractivity contribution in [1.82, 2.24) is 15.6 Å². The molecule has 1 aromatic heterocycles. The molecule has 3 aromatic rings. The molecule has 0 unspecified atom stereocenters. The normalized spacial score (nSPS) is 13.9. The molecule has 0 bridgehead atoms. The maximum Gasteiger partial charge on any atom is 0.226 e. The average Bonchev–Trinajstić information content (AvgIpc) is 3.53. The van der Waals surface area contributed by atoms with Gasteiger partial charge in [0.2, 0.25) is 5.89 Å². The number of hydrogen-bond donors (Lipinski definition) is 2. The monoisotopic (exact) mass is 562 g/mol. The summed E-state index contributed by atoms with van der Waals surface area (Å²) >= 11 is 0. The van der Waals surface area contributed by atoms with Crippen molar-refractivity contribution in [3.05, 3.63) is 66.1 Å². The number of aliphatic imine (C=N–C) groups is 1. The predicted molar refractivity (Wildman–Crippen MR) is 140 cm³/mol. The van der Waals surface area contributed by atoms with E-state index in [9.17, 15) is 0 Å². The Balaban J connectivity index is 0.00000306. The van der Waals surface area contributed by atoms with Gasteiger partial charge in [0.05, 0.1) is 25.5 Å². The Morgan fingerprint density at radius 1 is 1.06 bits per heavy atom. The van der Waals surface area contributed by atoms with Crippen molar-refractivity contribution in [1.29, 1.82) is 0 Å². The van der Waals surface area contributed by atoms with E-state index in [-0.39, 0.29) is 30.1 Å². The van der Waals surface area contributed by atoms with Gasteiger partial charge in [-0.3, -0.25) is 4.99 Å². The Kier molecular flexibility index (Phi) is 9.41. The van der Waals surface area contributed by atoms with Gasteiger partial charge >= 0.3 is 0 Å². The highest BCUT2D eigenvalue weighted by Crippen LogP contribution is 2.34. The number of ether oxygens (including phenoxy) is 2. The lowest BCUT2D eigenvalue weighted by Crippen LogP contribution is -2.36. The van der Waals surface area contributed by atoms with Crippen molar-refractivity contribution in [3.8, 4) is 23.0 Å². The van der Waals surface area contributed by atoms with Crippen molar-refractivity contribution < 1.29 is 13.9 Å². The van der Waals surface area contributed by atoms with Crippen molar-refractivity contribution in [2.24, 2.45) is 4.99 Å². The van der Waals surface area contributed by atoms with Gasteiger partial charge in [0, 0.05) is 24.7 Å². The Labute approximate surface area is 212 Å². The molecule has 8 heteroatoms. The molecule has 2 N–H and O–H groups in total. The zero-order valence-electron chi connectivity index (χ0n) is 19.0. The summed E-state index contributed by atoms with van der Waals surface area (Å²) < 4.78 is 17.5. The summed E-state index contributed by atoms with van der Waals surface area (Å²) in [5.74, 6) is 2.85. The number of methoxy groups -OCH3 is 1. The number of rotatable bonds is 8. The highest BCUT2D eigenvalue weighted by atomic mass is 127. The lowest BCUT2D eigenvalue weighted by molar-refractivity contribution is 0.198. The molecular weight excluding hydrogens is 531 g/mol. The van der Waals surface area contributed by atoms with E-state index in [0.717, 1.165) is 41.2 Å². The zero-order chi connectivity index (χ0) is 22.2. The number of aromatic nitrogens is 1. The molecule has 0 saturated heterocycles. The molecule has 2 aromatic carbocycles. The van der Waals surface area contributed by atoms with Crippen molar-refractivity contribution >= 4 is 29.9 Å². The fourth-order valence-electron chi connectivity index (χ4n) is 3.84. The summed E-state index contributed by atoms with van der Waals surface area (Å²) in [7, 11) is 3.42. The molecule has 0 aliphatic heterocycles. The quantitative estimate of drug-likeness (QED) is 0.225. The number of oxazole rings is 1. The van der Waals surface area contributed by atoms with Gasteiger partial charge in [-0.2, -0.15) is 0 Å². The van der Waals surface area contributed by atoms with E-state index in [0.29, 0.717) is 24.9 Å². The topological polar surface area (TPSA) is 80.9 Å². The number of para-hydroxylation sites is 1. The first-order valence-electron chi connectivity index (χ1n) is 11.0. The first kappa shape index (κ1) is 24.9. The van der Waals surface area contributed by atoms with E-state index in [1.165, 1.54) is 12.8 Å². The van der Waals surface area contributed by atoms with Gasteiger partial charge in [-0.05, 0) is 43.9 Å². The minimum atomic E-state index is 0. The first-order chi connectivity index (χ1) is 15.8. The van der Waals surface area contributed by atoms with E-state index >= 15 is 0 Å². The highest BCUT2D eigenvalue weighted by molar-refractivity contribution is 14.0. The number of benzene rings is 2. The van der Waals surface area contributed by atoms with Gasteiger partial charge in [-0.15, -0.1) is 24.0 Å². The molecule has 0 amide bonds. The molecule has 1 fully saturated rings. The molecule has 1 aliphatic rings. The third-order valence-corrected chi connectivity index (χ3v) is 5.55. The summed E-state index contributed by atoms with van der Waals surface area (Å²) in [5, 5.41) is 6.64. The number of guanidine groups is 1. The van der Waals surface area contributed by atoms with Gasteiger partial charge < -0.3 is 24.5 Å². The fraction of sp³-hybridized carbons (Fsp3) is 0.360. The maximum absolute atomic E-state index is 6.32. The van der Waals surface area contributed by atoms with E-state index in [2.05, 4.69) is 26.7 Å². The van der Waals surface area contributed by atoms with Crippen LogP contribution in [0.1, 0.15) is 36.9 Å². The van der Waals surface area contributed by atoms with Crippen LogP contribution in [0.3, 0.4) is 0 Å². The van der Waals surface area contributed by atoms with Crippen LogP contribution in [0.5, 0.6) is 11.5 Å². The molecule has 0 radical (unpaired) electrons. The van der Waals surface area contributed by atoms with Gasteiger partial charge in [-0.25, -0.2) is 4.98 Å². The average molecular weight is 562 g/mol. The number of halogens is 1. The number of hydrogen-bond acceptors (Lipinski definition) is 5. The molecule has 1 aliphatic carbocycles. The minimum absolute atomic E-state index is 0. The van der Waals surface area contributed by atoms with Crippen LogP contribution in [0.2, 0.25) is 0 Å². The van der Waals surface area contributed by atoms with E-state index in [1.54, 1.807) is 20.4 Å². The van der Waals surface area contributed by atoms with Gasteiger partial charge in [0.15, 0.2) is 17.5 Å². The molecule has 176 valence electrons. The molecule has 0 atom stereocenters. The molecule has 33 heavy (non-hydrogen) atoms. The second-order valence-electron chi connectivity index (χ2n) is 7.76. The van der Waals surface area contributed by atoms with Crippen LogP contribution in [-0.4, -0.2) is 31.2 Å². The molecule has 4 rings (SSSR count). The fourth-order valence-corrected chi connectivity index (χ4v) is 3.84. The summed E-state index contributed by atoms with van der Waals surface area (Å²) in [4.78, 5) is 8.87. The lowest BCUT2D eigenvalue weighted by Gasteiger charge is -2.20. The van der Waals surface area contributed by atoms with Crippen LogP contribution in [0.15, 0.2) is 64.2 Å². The van der Waals surface area contributed by atoms with Crippen molar-refractivity contribution in [2.75, 3.05) is 14.2 Å². The predicted octanol–water partition coefficient (Wildman–Crippen LogP) is 5.15. The van der Waals surface area contributed by atoms with Crippen LogP contribution in [-0.2, 0) is 13.1 Å². The summed E-state index contributed by atoms with van der Waals surface area (Å²) in [6.07, 6.45) is 6.55. The second kappa shape index (κ2) is 12.5. The number of nitrogens with zero attached hydrogens (tertiary/aromatic N) is 2. The van der Waals surface area contributed by atoms with Crippen molar-refractivity contribution in [3.63, 3.8) is 0 Å². The second-order valence-corrected chi connectivity index (χ2v) is 7.76. The largest absolute Gasteiger partial charge is 0.493 e. The number of nitrogens with one attached hydrogen (secondary N) is 2. The Morgan fingerprint density at radius 3 is 2.55 bits per heavy atom. The molecule has 1 saturated carbocycles. The van der Waals surface area contributed by atoms with E-state index in [4.69, 9.17) is 13.9 Å². The smallest absolute Gasteiger partial charge is 0.226 e. The Morgan fingerprint density at radius 2 is 1.82 bits per heavy atom. The molecule has 7 nitrogen and oxygen atoms in total. The third-order valence-electron chi connectivity index (χ3n) is 5.55. The third kappa shape index (κ3) is 6.63. The van der Waals surface area contributed by atoms with Crippen LogP contribution < -0.4 is 20.1 Å². The van der Waals surface area contributed by atoms with Crippen LogP contribution in [0, 0.1) is 0 Å². The highest BCUT2D eigenvalue weighted by Gasteiger charge is 2.20. The van der Waals surface area contributed by atoms with E-state index in [1.807, 2.05) is 42.5 Å². The standard InChI is InChI=1S/C25H30N4O3.HI/c1-26-25(28-16-20-17-31-24(29-20)18-9-4-3-5-10-18)27-15-19-11-8-14-22(30-2)23(19)32-21-12-6-7-13-21;/h3-5,8-11,14,17,21H,6-7,12-13,15-16H2,1-2H3,(H2,26,27,28);1H. The van der Waals surface area contributed by atoms with E-state index < -0.39 is 0 Å².